The summed E-state index contributed by atoms with van der Waals surface area (Å²) >= 11 is 0. The van der Waals surface area contributed by atoms with Gasteiger partial charge in [0.15, 0.2) is 0 Å². The van der Waals surface area contributed by atoms with E-state index in [9.17, 15) is 14.7 Å². The number of hydrogen-bond acceptors (Lipinski definition) is 3. The van der Waals surface area contributed by atoms with Crippen molar-refractivity contribution in [2.24, 2.45) is 13.0 Å². The molecule has 1 aliphatic rings. The second-order valence-corrected chi connectivity index (χ2v) is 6.93. The Morgan fingerprint density at radius 1 is 1.20 bits per heavy atom. The largest absolute Gasteiger partial charge is 0.481 e. The molecule has 1 aliphatic heterocycles. The predicted octanol–water partition coefficient (Wildman–Crippen LogP) is 2.48. The molecule has 0 bridgehead atoms. The predicted molar refractivity (Wildman–Crippen MR) is 93.5 cm³/mol. The molecule has 2 atom stereocenters. The lowest BCUT2D eigenvalue weighted by atomic mass is 9.89. The summed E-state index contributed by atoms with van der Waals surface area (Å²) in [5.74, 6) is -1.66. The summed E-state index contributed by atoms with van der Waals surface area (Å²) in [4.78, 5) is 26.4. The van der Waals surface area contributed by atoms with Crippen LogP contribution in [0.25, 0.3) is 0 Å². The Bertz CT molecular complexity index is 782. The molecular formula is C19H23N3O3. The van der Waals surface area contributed by atoms with Gasteiger partial charge in [0.25, 0.3) is 5.91 Å². The highest BCUT2D eigenvalue weighted by atomic mass is 16.4. The van der Waals surface area contributed by atoms with E-state index in [-0.39, 0.29) is 24.3 Å². The third-order valence-corrected chi connectivity index (χ3v) is 4.79. The number of aromatic nitrogens is 2. The van der Waals surface area contributed by atoms with E-state index in [1.54, 1.807) is 22.8 Å². The molecule has 132 valence electrons. The first-order chi connectivity index (χ1) is 11.9. The minimum atomic E-state index is -0.862. The van der Waals surface area contributed by atoms with E-state index >= 15 is 0 Å². The van der Waals surface area contributed by atoms with Crippen molar-refractivity contribution in [3.8, 4) is 0 Å². The molecule has 25 heavy (non-hydrogen) atoms. The van der Waals surface area contributed by atoms with E-state index in [1.807, 2.05) is 44.2 Å². The molecule has 1 fully saturated rings. The van der Waals surface area contributed by atoms with Crippen LogP contribution in [0.2, 0.25) is 0 Å². The van der Waals surface area contributed by atoms with Crippen molar-refractivity contribution in [3.63, 3.8) is 0 Å². The van der Waals surface area contributed by atoms with Crippen molar-refractivity contribution in [2.75, 3.05) is 13.1 Å². The fourth-order valence-electron chi connectivity index (χ4n) is 3.53. The van der Waals surface area contributed by atoms with Gasteiger partial charge >= 0.3 is 5.97 Å². The number of rotatable bonds is 4. The first-order valence-corrected chi connectivity index (χ1v) is 8.49. The van der Waals surface area contributed by atoms with Gasteiger partial charge in [-0.2, -0.15) is 5.10 Å². The lowest BCUT2D eigenvalue weighted by Crippen LogP contribution is -2.30. The van der Waals surface area contributed by atoms with Crippen LogP contribution in [0.15, 0.2) is 36.5 Å². The standard InChI is InChI=1S/C19H23N3O3/c1-12(2)17-16(9-21(3)20-17)18(23)22-10-14(15(11-22)19(24)25)13-7-5-4-6-8-13/h4-9,12,14-15H,10-11H2,1-3H3,(H,24,25). The maximum absolute atomic E-state index is 13.0. The van der Waals surface area contributed by atoms with Crippen molar-refractivity contribution in [1.82, 2.24) is 14.7 Å². The van der Waals surface area contributed by atoms with Crippen LogP contribution in [0.3, 0.4) is 0 Å². The highest BCUT2D eigenvalue weighted by Gasteiger charge is 2.41. The number of benzene rings is 1. The number of nitrogens with zero attached hydrogens (tertiary/aromatic N) is 3. The fourth-order valence-corrected chi connectivity index (χ4v) is 3.53. The van der Waals surface area contributed by atoms with Gasteiger partial charge in [-0.15, -0.1) is 0 Å². The molecular weight excluding hydrogens is 318 g/mol. The zero-order valence-electron chi connectivity index (χ0n) is 14.7. The molecule has 3 rings (SSSR count). The average Bonchev–Trinajstić information content (AvgIpc) is 3.19. The Hall–Kier alpha value is -2.63. The molecule has 2 aromatic rings. The van der Waals surface area contributed by atoms with Gasteiger partial charge in [-0.05, 0) is 11.5 Å². The Morgan fingerprint density at radius 3 is 2.48 bits per heavy atom. The molecule has 1 aromatic heterocycles. The van der Waals surface area contributed by atoms with Gasteiger partial charge < -0.3 is 10.0 Å². The highest BCUT2D eigenvalue weighted by molar-refractivity contribution is 5.96. The van der Waals surface area contributed by atoms with Crippen LogP contribution in [0.1, 0.15) is 47.3 Å². The Labute approximate surface area is 147 Å². The van der Waals surface area contributed by atoms with Gasteiger partial charge in [0, 0.05) is 32.3 Å². The van der Waals surface area contributed by atoms with Crippen LogP contribution in [-0.2, 0) is 11.8 Å². The van der Waals surface area contributed by atoms with E-state index in [4.69, 9.17) is 0 Å². The van der Waals surface area contributed by atoms with Crippen molar-refractivity contribution in [3.05, 3.63) is 53.3 Å². The van der Waals surface area contributed by atoms with Gasteiger partial charge in [0.1, 0.15) is 0 Å². The number of carbonyl (C=O) groups excluding carboxylic acids is 1. The number of aryl methyl sites for hydroxylation is 1. The van der Waals surface area contributed by atoms with Gasteiger partial charge in [0.05, 0.1) is 17.2 Å². The zero-order valence-corrected chi connectivity index (χ0v) is 14.7. The summed E-state index contributed by atoms with van der Waals surface area (Å²) in [6.45, 7) is 4.62. The van der Waals surface area contributed by atoms with E-state index < -0.39 is 11.9 Å². The maximum Gasteiger partial charge on any atom is 0.308 e. The van der Waals surface area contributed by atoms with Crippen LogP contribution in [0.4, 0.5) is 0 Å². The van der Waals surface area contributed by atoms with E-state index in [0.717, 1.165) is 11.3 Å². The second kappa shape index (κ2) is 6.70. The molecule has 6 heteroatoms. The normalized spacial score (nSPS) is 20.2. The lowest BCUT2D eigenvalue weighted by molar-refractivity contribution is -0.141. The summed E-state index contributed by atoms with van der Waals surface area (Å²) in [5.41, 5.74) is 2.28. The zero-order chi connectivity index (χ0) is 18.1. The van der Waals surface area contributed by atoms with Gasteiger partial charge in [-0.25, -0.2) is 0 Å². The first kappa shape index (κ1) is 17.2. The van der Waals surface area contributed by atoms with Crippen molar-refractivity contribution in [1.29, 1.82) is 0 Å². The Balaban J connectivity index is 1.89. The molecule has 1 amide bonds. The fraction of sp³-hybridized carbons (Fsp3) is 0.421. The number of carboxylic acid groups (broad SMARTS) is 1. The van der Waals surface area contributed by atoms with Crippen molar-refractivity contribution >= 4 is 11.9 Å². The summed E-state index contributed by atoms with van der Waals surface area (Å²) in [6, 6.07) is 9.56. The number of aliphatic carboxylic acids is 1. The minimum Gasteiger partial charge on any atom is -0.481 e. The Kier molecular flexibility index (Phi) is 4.61. The quantitative estimate of drug-likeness (QED) is 0.927. The van der Waals surface area contributed by atoms with Crippen LogP contribution in [-0.4, -0.2) is 44.8 Å². The molecule has 1 N–H and O–H groups in total. The molecule has 0 radical (unpaired) electrons. The van der Waals surface area contributed by atoms with Gasteiger partial charge in [-0.1, -0.05) is 44.2 Å². The van der Waals surface area contributed by atoms with Gasteiger partial charge in [-0.3, -0.25) is 14.3 Å². The summed E-state index contributed by atoms with van der Waals surface area (Å²) < 4.78 is 1.64. The number of likely N-dealkylation sites (tertiary alicyclic amines) is 1. The van der Waals surface area contributed by atoms with E-state index in [2.05, 4.69) is 5.10 Å². The van der Waals surface area contributed by atoms with Crippen LogP contribution >= 0.6 is 0 Å². The van der Waals surface area contributed by atoms with Crippen molar-refractivity contribution < 1.29 is 14.7 Å². The summed E-state index contributed by atoms with van der Waals surface area (Å²) in [7, 11) is 1.79. The number of amides is 1. The number of hydrogen-bond donors (Lipinski definition) is 1. The SMILES string of the molecule is CC(C)c1nn(C)cc1C(=O)N1CC(C(=O)O)C(c2ccccc2)C1. The van der Waals surface area contributed by atoms with E-state index in [0.29, 0.717) is 12.1 Å². The number of carboxylic acids is 1. The monoisotopic (exact) mass is 341 g/mol. The molecule has 1 aromatic carbocycles. The van der Waals surface area contributed by atoms with Gasteiger partial charge in [0.2, 0.25) is 0 Å². The van der Waals surface area contributed by atoms with E-state index in [1.165, 1.54) is 0 Å². The topological polar surface area (TPSA) is 75.4 Å². The third-order valence-electron chi connectivity index (χ3n) is 4.79. The molecule has 0 spiro atoms. The highest BCUT2D eigenvalue weighted by Crippen LogP contribution is 2.34. The minimum absolute atomic E-state index is 0.128. The second-order valence-electron chi connectivity index (χ2n) is 6.93. The van der Waals surface area contributed by atoms with Crippen molar-refractivity contribution in [2.45, 2.75) is 25.7 Å². The smallest absolute Gasteiger partial charge is 0.308 e. The van der Waals surface area contributed by atoms with Crippen LogP contribution in [0, 0.1) is 5.92 Å². The third kappa shape index (κ3) is 3.29. The molecule has 2 unspecified atom stereocenters. The summed E-state index contributed by atoms with van der Waals surface area (Å²) in [6.07, 6.45) is 1.73. The lowest BCUT2D eigenvalue weighted by Gasteiger charge is -2.17. The number of carbonyl (C=O) groups is 2. The van der Waals surface area contributed by atoms with Crippen LogP contribution in [0.5, 0.6) is 0 Å². The molecule has 2 heterocycles. The maximum atomic E-state index is 13.0. The van der Waals surface area contributed by atoms with Crippen LogP contribution < -0.4 is 0 Å². The molecule has 1 saturated heterocycles. The summed E-state index contributed by atoms with van der Waals surface area (Å²) in [5, 5.41) is 14.0. The average molecular weight is 341 g/mol. The first-order valence-electron chi connectivity index (χ1n) is 8.49. The Morgan fingerprint density at radius 2 is 1.88 bits per heavy atom. The molecule has 0 saturated carbocycles. The molecule has 0 aliphatic carbocycles. The molecule has 6 nitrogen and oxygen atoms in total.